The average Bonchev–Trinajstić information content (AvgIpc) is 2.48. The Labute approximate surface area is 133 Å². The first-order valence-corrected chi connectivity index (χ1v) is 7.66. The summed E-state index contributed by atoms with van der Waals surface area (Å²) in [6.45, 7) is 3.45. The molecule has 0 aliphatic carbocycles. The lowest BCUT2D eigenvalue weighted by atomic mass is 10.1. The maximum atomic E-state index is 6.02. The van der Waals surface area contributed by atoms with Crippen LogP contribution in [-0.2, 0) is 4.74 Å². The molecule has 0 spiro atoms. The molecule has 0 saturated heterocycles. The average molecular weight is 353 g/mol. The number of rotatable bonds is 7. The number of anilines is 2. The van der Waals surface area contributed by atoms with Gasteiger partial charge in [-0.25, -0.2) is 0 Å². The van der Waals surface area contributed by atoms with E-state index in [1.807, 2.05) is 18.2 Å². The number of aromatic nitrogens is 1. The summed E-state index contributed by atoms with van der Waals surface area (Å²) in [6, 6.07) is 5.88. The Balaban J connectivity index is 2.04. The Hall–Kier alpha value is -1.37. The standard InChI is InChI=1S/C15H21BrN4O/c1-20(7-8-21-2)6-5-18-14-4-3-13(17)12-9-11(16)10-19-15(12)14/h3-4,9-10,18H,5-8,17H2,1-2H3. The lowest BCUT2D eigenvalue weighted by Crippen LogP contribution is -2.28. The van der Waals surface area contributed by atoms with Crippen molar-refractivity contribution < 1.29 is 4.74 Å². The Morgan fingerprint density at radius 3 is 2.95 bits per heavy atom. The zero-order chi connectivity index (χ0) is 15.2. The normalized spacial score (nSPS) is 11.2. The van der Waals surface area contributed by atoms with E-state index in [-0.39, 0.29) is 0 Å². The van der Waals surface area contributed by atoms with Crippen LogP contribution < -0.4 is 11.1 Å². The highest BCUT2D eigenvalue weighted by atomic mass is 79.9. The van der Waals surface area contributed by atoms with Gasteiger partial charge in [-0.1, -0.05) is 0 Å². The molecule has 0 aliphatic heterocycles. The van der Waals surface area contributed by atoms with Gasteiger partial charge in [0.25, 0.3) is 0 Å². The fourth-order valence-corrected chi connectivity index (χ4v) is 2.43. The summed E-state index contributed by atoms with van der Waals surface area (Å²) in [6.07, 6.45) is 1.79. The van der Waals surface area contributed by atoms with Gasteiger partial charge in [0.15, 0.2) is 0 Å². The maximum absolute atomic E-state index is 6.02. The minimum Gasteiger partial charge on any atom is -0.398 e. The van der Waals surface area contributed by atoms with Crippen molar-refractivity contribution in [2.75, 3.05) is 51.4 Å². The second-order valence-electron chi connectivity index (χ2n) is 4.97. The largest absolute Gasteiger partial charge is 0.398 e. The third kappa shape index (κ3) is 4.30. The fraction of sp³-hybridized carbons (Fsp3) is 0.400. The third-order valence-corrected chi connectivity index (χ3v) is 3.77. The van der Waals surface area contributed by atoms with Crippen LogP contribution in [0, 0.1) is 0 Å². The lowest BCUT2D eigenvalue weighted by molar-refractivity contribution is 0.163. The molecule has 0 bridgehead atoms. The predicted molar refractivity (Wildman–Crippen MR) is 91.7 cm³/mol. The van der Waals surface area contributed by atoms with Crippen molar-refractivity contribution in [3.05, 3.63) is 28.9 Å². The van der Waals surface area contributed by atoms with Gasteiger partial charge in [0.1, 0.15) is 0 Å². The molecule has 21 heavy (non-hydrogen) atoms. The highest BCUT2D eigenvalue weighted by Gasteiger charge is 2.06. The molecule has 0 atom stereocenters. The topological polar surface area (TPSA) is 63.4 Å². The molecule has 114 valence electrons. The molecule has 0 saturated carbocycles. The Morgan fingerprint density at radius 2 is 2.19 bits per heavy atom. The summed E-state index contributed by atoms with van der Waals surface area (Å²) in [4.78, 5) is 6.69. The van der Waals surface area contributed by atoms with Crippen LogP contribution in [-0.4, -0.2) is 50.3 Å². The number of nitrogen functional groups attached to an aromatic ring is 1. The Kier molecular flexibility index (Phi) is 5.78. The van der Waals surface area contributed by atoms with E-state index in [4.69, 9.17) is 10.5 Å². The van der Waals surface area contributed by atoms with Crippen LogP contribution in [0.2, 0.25) is 0 Å². The Bertz CT molecular complexity index is 605. The minimum atomic E-state index is 0.738. The first-order valence-electron chi connectivity index (χ1n) is 6.87. The molecule has 2 rings (SSSR count). The van der Waals surface area contributed by atoms with Crippen LogP contribution in [0.3, 0.4) is 0 Å². The van der Waals surface area contributed by atoms with E-state index in [9.17, 15) is 0 Å². The monoisotopic (exact) mass is 352 g/mol. The minimum absolute atomic E-state index is 0.738. The number of nitrogens with one attached hydrogen (secondary N) is 1. The van der Waals surface area contributed by atoms with Gasteiger partial charge in [-0.2, -0.15) is 0 Å². The molecule has 3 N–H and O–H groups in total. The molecule has 1 aromatic carbocycles. The molecule has 5 nitrogen and oxygen atoms in total. The van der Waals surface area contributed by atoms with E-state index in [0.29, 0.717) is 0 Å². The van der Waals surface area contributed by atoms with E-state index in [1.54, 1.807) is 13.3 Å². The number of benzene rings is 1. The van der Waals surface area contributed by atoms with Gasteiger partial charge in [0, 0.05) is 48.5 Å². The summed E-state index contributed by atoms with van der Waals surface area (Å²) in [5, 5.41) is 4.39. The number of hydrogen-bond donors (Lipinski definition) is 2. The first kappa shape index (κ1) is 16.0. The summed E-state index contributed by atoms with van der Waals surface area (Å²) >= 11 is 3.43. The van der Waals surface area contributed by atoms with Crippen LogP contribution in [0.25, 0.3) is 10.9 Å². The number of hydrogen-bond acceptors (Lipinski definition) is 5. The third-order valence-electron chi connectivity index (χ3n) is 3.34. The van der Waals surface area contributed by atoms with Crippen LogP contribution >= 0.6 is 15.9 Å². The molecule has 0 unspecified atom stereocenters. The zero-order valence-corrected chi connectivity index (χ0v) is 14.0. The van der Waals surface area contributed by atoms with Crippen molar-refractivity contribution in [1.82, 2.24) is 9.88 Å². The van der Waals surface area contributed by atoms with Gasteiger partial charge in [0.05, 0.1) is 17.8 Å². The second kappa shape index (κ2) is 7.59. The van der Waals surface area contributed by atoms with Crippen molar-refractivity contribution in [2.45, 2.75) is 0 Å². The number of fused-ring (bicyclic) bond motifs is 1. The number of likely N-dealkylation sites (N-methyl/N-ethyl adjacent to an activating group) is 1. The van der Waals surface area contributed by atoms with E-state index in [1.165, 1.54) is 0 Å². The van der Waals surface area contributed by atoms with Crippen LogP contribution in [0.1, 0.15) is 0 Å². The fourth-order valence-electron chi connectivity index (χ4n) is 2.10. The second-order valence-corrected chi connectivity index (χ2v) is 5.89. The molecule has 1 heterocycles. The predicted octanol–water partition coefficient (Wildman–Crippen LogP) is 2.57. The van der Waals surface area contributed by atoms with Crippen molar-refractivity contribution in [2.24, 2.45) is 0 Å². The van der Waals surface area contributed by atoms with Crippen molar-refractivity contribution >= 4 is 38.2 Å². The van der Waals surface area contributed by atoms with E-state index < -0.39 is 0 Å². The molecule has 0 amide bonds. The van der Waals surface area contributed by atoms with Crippen molar-refractivity contribution in [3.63, 3.8) is 0 Å². The maximum Gasteiger partial charge on any atom is 0.0954 e. The number of methoxy groups -OCH3 is 1. The Morgan fingerprint density at radius 1 is 1.38 bits per heavy atom. The van der Waals surface area contributed by atoms with Gasteiger partial charge >= 0.3 is 0 Å². The van der Waals surface area contributed by atoms with Gasteiger partial charge in [-0.15, -0.1) is 0 Å². The first-order chi connectivity index (χ1) is 10.1. The van der Waals surface area contributed by atoms with Crippen LogP contribution in [0.5, 0.6) is 0 Å². The summed E-state index contributed by atoms with van der Waals surface area (Å²) < 4.78 is 6.00. The summed E-state index contributed by atoms with van der Waals surface area (Å²) in [7, 11) is 3.80. The molecular weight excluding hydrogens is 332 g/mol. The number of nitrogens with two attached hydrogens (primary N) is 1. The van der Waals surface area contributed by atoms with Gasteiger partial charge < -0.3 is 20.7 Å². The molecule has 2 aromatic rings. The number of nitrogens with zero attached hydrogens (tertiary/aromatic N) is 2. The molecule has 1 aromatic heterocycles. The van der Waals surface area contributed by atoms with Crippen LogP contribution in [0.4, 0.5) is 11.4 Å². The number of pyridine rings is 1. The number of halogens is 1. The highest BCUT2D eigenvalue weighted by Crippen LogP contribution is 2.28. The molecule has 6 heteroatoms. The van der Waals surface area contributed by atoms with Gasteiger partial charge in [0.2, 0.25) is 0 Å². The van der Waals surface area contributed by atoms with E-state index in [0.717, 1.165) is 53.0 Å². The molecule has 0 aliphatic rings. The molecule has 0 fully saturated rings. The smallest absolute Gasteiger partial charge is 0.0954 e. The molecular formula is C15H21BrN4O. The quantitative estimate of drug-likeness (QED) is 0.749. The van der Waals surface area contributed by atoms with Gasteiger partial charge in [-0.05, 0) is 41.2 Å². The van der Waals surface area contributed by atoms with Crippen molar-refractivity contribution in [1.29, 1.82) is 0 Å². The van der Waals surface area contributed by atoms with E-state index in [2.05, 4.69) is 38.2 Å². The van der Waals surface area contributed by atoms with Crippen molar-refractivity contribution in [3.8, 4) is 0 Å². The van der Waals surface area contributed by atoms with E-state index >= 15 is 0 Å². The molecule has 0 radical (unpaired) electrons. The highest BCUT2D eigenvalue weighted by molar-refractivity contribution is 9.10. The lowest BCUT2D eigenvalue weighted by Gasteiger charge is -2.17. The number of ether oxygens (including phenoxy) is 1. The summed E-state index contributed by atoms with van der Waals surface area (Å²) in [5.41, 5.74) is 8.66. The van der Waals surface area contributed by atoms with Gasteiger partial charge in [-0.3, -0.25) is 4.98 Å². The SMILES string of the molecule is COCCN(C)CCNc1ccc(N)c2cc(Br)cnc12. The zero-order valence-electron chi connectivity index (χ0n) is 12.4. The van der Waals surface area contributed by atoms with Crippen LogP contribution in [0.15, 0.2) is 28.9 Å². The summed E-state index contributed by atoms with van der Waals surface area (Å²) in [5.74, 6) is 0.